The number of aromatic hydroxyl groups is 2. The predicted molar refractivity (Wildman–Crippen MR) is 81.2 cm³/mol. The van der Waals surface area contributed by atoms with Crippen molar-refractivity contribution in [2.75, 3.05) is 6.54 Å². The monoisotopic (exact) mass is 302 g/mol. The van der Waals surface area contributed by atoms with Crippen molar-refractivity contribution in [2.45, 2.75) is 6.54 Å². The maximum atomic E-state index is 11.9. The van der Waals surface area contributed by atoms with Gasteiger partial charge in [0.15, 0.2) is 0 Å². The molecule has 1 aromatic heterocycles. The van der Waals surface area contributed by atoms with Gasteiger partial charge in [-0.25, -0.2) is 0 Å². The second kappa shape index (κ2) is 6.79. The third-order valence-electron chi connectivity index (χ3n) is 2.62. The van der Waals surface area contributed by atoms with Crippen molar-refractivity contribution in [3.63, 3.8) is 0 Å². The number of carbonyl (C=O) groups excluding carboxylic acids is 1. The summed E-state index contributed by atoms with van der Waals surface area (Å²) in [5, 5.41) is 21.5. The molecule has 5 nitrogen and oxygen atoms in total. The summed E-state index contributed by atoms with van der Waals surface area (Å²) in [7, 11) is 0. The number of amides is 1. The van der Waals surface area contributed by atoms with Gasteiger partial charge in [-0.3, -0.25) is 4.79 Å². The van der Waals surface area contributed by atoms with Crippen LogP contribution < -0.4 is 11.1 Å². The molecule has 5 N–H and O–H groups in total. The highest BCUT2D eigenvalue weighted by molar-refractivity contribution is 7.12. The molecule has 0 unspecified atom stereocenters. The van der Waals surface area contributed by atoms with Crippen LogP contribution in [0.3, 0.4) is 0 Å². The van der Waals surface area contributed by atoms with E-state index in [-0.39, 0.29) is 17.1 Å². The molecular weight excluding hydrogens is 288 g/mol. The third kappa shape index (κ3) is 3.99. The SMILES string of the molecule is NCC#Cc1ccc(CNC(=O)c2ccc(O)cc2O)s1. The molecule has 0 saturated carbocycles. The first-order chi connectivity index (χ1) is 10.1. The lowest BCUT2D eigenvalue weighted by atomic mass is 10.2. The minimum atomic E-state index is -0.407. The largest absolute Gasteiger partial charge is 0.508 e. The van der Waals surface area contributed by atoms with E-state index in [9.17, 15) is 15.0 Å². The third-order valence-corrected chi connectivity index (χ3v) is 3.63. The number of thiophene rings is 1. The minimum Gasteiger partial charge on any atom is -0.508 e. The van der Waals surface area contributed by atoms with Crippen LogP contribution in [0.25, 0.3) is 0 Å². The van der Waals surface area contributed by atoms with Crippen LogP contribution in [0, 0.1) is 11.8 Å². The molecule has 0 fully saturated rings. The minimum absolute atomic E-state index is 0.0922. The van der Waals surface area contributed by atoms with Crippen LogP contribution >= 0.6 is 11.3 Å². The van der Waals surface area contributed by atoms with Crippen LogP contribution in [0.5, 0.6) is 11.5 Å². The summed E-state index contributed by atoms with van der Waals surface area (Å²) in [5.74, 6) is 4.93. The van der Waals surface area contributed by atoms with Crippen molar-refractivity contribution >= 4 is 17.2 Å². The molecule has 0 saturated heterocycles. The molecule has 2 aromatic rings. The Kier molecular flexibility index (Phi) is 4.82. The predicted octanol–water partition coefficient (Wildman–Crippen LogP) is 1.40. The average molecular weight is 302 g/mol. The molecule has 0 aliphatic heterocycles. The highest BCUT2D eigenvalue weighted by Gasteiger charge is 2.11. The van der Waals surface area contributed by atoms with Crippen molar-refractivity contribution in [3.8, 4) is 23.3 Å². The molecule has 0 aliphatic rings. The van der Waals surface area contributed by atoms with Gasteiger partial charge in [-0.05, 0) is 24.3 Å². The normalized spacial score (nSPS) is 9.76. The smallest absolute Gasteiger partial charge is 0.255 e. The van der Waals surface area contributed by atoms with Gasteiger partial charge in [-0.1, -0.05) is 11.8 Å². The zero-order valence-corrected chi connectivity index (χ0v) is 11.9. The molecular formula is C15H14N2O3S. The zero-order valence-electron chi connectivity index (χ0n) is 11.1. The van der Waals surface area contributed by atoms with Crippen LogP contribution in [0.2, 0.25) is 0 Å². The molecule has 0 atom stereocenters. The summed E-state index contributed by atoms with van der Waals surface area (Å²) in [6.45, 7) is 0.651. The summed E-state index contributed by atoms with van der Waals surface area (Å²) >= 11 is 1.47. The topological polar surface area (TPSA) is 95.6 Å². The summed E-state index contributed by atoms with van der Waals surface area (Å²) in [4.78, 5) is 13.8. The number of nitrogens with one attached hydrogen (secondary N) is 1. The van der Waals surface area contributed by atoms with Crippen molar-refractivity contribution in [1.29, 1.82) is 0 Å². The number of rotatable bonds is 3. The van der Waals surface area contributed by atoms with Gasteiger partial charge in [-0.15, -0.1) is 11.3 Å². The molecule has 108 valence electrons. The molecule has 6 heteroatoms. The Labute approximate surface area is 126 Å². The number of hydrogen-bond acceptors (Lipinski definition) is 5. The molecule has 0 spiro atoms. The van der Waals surface area contributed by atoms with Gasteiger partial charge < -0.3 is 21.3 Å². The number of hydrogen-bond donors (Lipinski definition) is 4. The number of nitrogens with two attached hydrogens (primary N) is 1. The van der Waals surface area contributed by atoms with Crippen LogP contribution in [-0.4, -0.2) is 22.7 Å². The molecule has 21 heavy (non-hydrogen) atoms. The first kappa shape index (κ1) is 14.9. The lowest BCUT2D eigenvalue weighted by molar-refractivity contribution is 0.0948. The second-order valence-electron chi connectivity index (χ2n) is 4.16. The Hall–Kier alpha value is -2.49. The summed E-state index contributed by atoms with van der Waals surface area (Å²) < 4.78 is 0. The summed E-state index contributed by atoms with van der Waals surface area (Å²) in [6.07, 6.45) is 0. The fourth-order valence-corrected chi connectivity index (χ4v) is 2.48. The lowest BCUT2D eigenvalue weighted by Gasteiger charge is -2.06. The van der Waals surface area contributed by atoms with Crippen LogP contribution in [0.4, 0.5) is 0 Å². The Morgan fingerprint density at radius 2 is 2.10 bits per heavy atom. The van der Waals surface area contributed by atoms with Crippen molar-refractivity contribution in [2.24, 2.45) is 5.73 Å². The lowest BCUT2D eigenvalue weighted by Crippen LogP contribution is -2.22. The van der Waals surface area contributed by atoms with Crippen molar-refractivity contribution in [1.82, 2.24) is 5.32 Å². The van der Waals surface area contributed by atoms with Gasteiger partial charge in [0.2, 0.25) is 0 Å². The quantitative estimate of drug-likeness (QED) is 0.644. The Balaban J connectivity index is 1.99. The number of phenols is 2. The Morgan fingerprint density at radius 3 is 2.81 bits per heavy atom. The highest BCUT2D eigenvalue weighted by Crippen LogP contribution is 2.22. The van der Waals surface area contributed by atoms with Gasteiger partial charge >= 0.3 is 0 Å². The maximum absolute atomic E-state index is 11.9. The Morgan fingerprint density at radius 1 is 1.29 bits per heavy atom. The van der Waals surface area contributed by atoms with E-state index >= 15 is 0 Å². The molecule has 0 radical (unpaired) electrons. The van der Waals surface area contributed by atoms with Crippen LogP contribution in [-0.2, 0) is 6.54 Å². The van der Waals surface area contributed by atoms with Gasteiger partial charge in [0.25, 0.3) is 5.91 Å². The van der Waals surface area contributed by atoms with Crippen LogP contribution in [0.1, 0.15) is 20.1 Å². The van der Waals surface area contributed by atoms with Gasteiger partial charge in [-0.2, -0.15) is 0 Å². The van der Waals surface area contributed by atoms with E-state index in [1.54, 1.807) is 0 Å². The maximum Gasteiger partial charge on any atom is 0.255 e. The van der Waals surface area contributed by atoms with Gasteiger partial charge in [0.1, 0.15) is 11.5 Å². The van der Waals surface area contributed by atoms with E-state index < -0.39 is 5.91 Å². The van der Waals surface area contributed by atoms with E-state index in [1.165, 1.54) is 23.5 Å². The molecule has 0 aliphatic carbocycles. The van der Waals surface area contributed by atoms with Crippen LogP contribution in [0.15, 0.2) is 30.3 Å². The first-order valence-electron chi connectivity index (χ1n) is 6.18. The molecule has 0 bridgehead atoms. The fraction of sp³-hybridized carbons (Fsp3) is 0.133. The number of phenolic OH excluding ortho intramolecular Hbond substituents is 2. The van der Waals surface area contributed by atoms with Gasteiger partial charge in [0.05, 0.1) is 23.5 Å². The van der Waals surface area contributed by atoms with Crippen molar-refractivity contribution in [3.05, 3.63) is 45.6 Å². The van der Waals surface area contributed by atoms with E-state index in [0.29, 0.717) is 13.1 Å². The van der Waals surface area contributed by atoms with E-state index in [4.69, 9.17) is 5.73 Å². The highest BCUT2D eigenvalue weighted by atomic mass is 32.1. The summed E-state index contributed by atoms with van der Waals surface area (Å²) in [5.41, 5.74) is 5.42. The number of benzene rings is 1. The zero-order chi connectivity index (χ0) is 15.2. The number of carbonyl (C=O) groups is 1. The standard InChI is InChI=1S/C15H14N2O3S/c16-7-1-2-11-4-5-12(21-11)9-17-15(20)13-6-3-10(18)8-14(13)19/h3-6,8,18-19H,7,9,16H2,(H,17,20). The molecule has 2 rings (SSSR count). The molecule has 1 heterocycles. The fourth-order valence-electron chi connectivity index (χ4n) is 1.65. The van der Waals surface area contributed by atoms with E-state index in [1.807, 2.05) is 12.1 Å². The average Bonchev–Trinajstić information content (AvgIpc) is 2.90. The van der Waals surface area contributed by atoms with Crippen molar-refractivity contribution < 1.29 is 15.0 Å². The van der Waals surface area contributed by atoms with E-state index in [0.717, 1.165) is 15.8 Å². The molecule has 1 amide bonds. The second-order valence-corrected chi connectivity index (χ2v) is 5.32. The van der Waals surface area contributed by atoms with E-state index in [2.05, 4.69) is 17.2 Å². The van der Waals surface area contributed by atoms with Gasteiger partial charge in [0, 0.05) is 10.9 Å². The summed E-state index contributed by atoms with van der Waals surface area (Å²) in [6, 6.07) is 7.59. The first-order valence-corrected chi connectivity index (χ1v) is 6.99. The molecule has 1 aromatic carbocycles. The Bertz CT molecular complexity index is 713.